The van der Waals surface area contributed by atoms with Gasteiger partial charge in [-0.1, -0.05) is 41.6 Å². The molecule has 1 aliphatic rings. The van der Waals surface area contributed by atoms with E-state index in [0.29, 0.717) is 24.2 Å². The molecule has 0 unspecified atom stereocenters. The van der Waals surface area contributed by atoms with Crippen LogP contribution in [0.2, 0.25) is 0 Å². The van der Waals surface area contributed by atoms with Gasteiger partial charge < -0.3 is 10.2 Å². The number of amides is 2. The Morgan fingerprint density at radius 3 is 2.68 bits per heavy atom. The number of nitrogens with zero attached hydrogens (tertiary/aromatic N) is 3. The summed E-state index contributed by atoms with van der Waals surface area (Å²) < 4.78 is 5.91. The van der Waals surface area contributed by atoms with Crippen molar-refractivity contribution in [1.29, 1.82) is 0 Å². The number of rotatable bonds is 5. The summed E-state index contributed by atoms with van der Waals surface area (Å²) in [4.78, 5) is 38.1. The van der Waals surface area contributed by atoms with Crippen molar-refractivity contribution in [3.05, 3.63) is 65.1 Å². The molecule has 0 saturated carbocycles. The van der Waals surface area contributed by atoms with Gasteiger partial charge in [0.1, 0.15) is 6.54 Å². The zero-order valence-electron chi connectivity index (χ0n) is 15.0. The average Bonchev–Trinajstić information content (AvgIpc) is 3.29. The molecule has 0 aliphatic carbocycles. The van der Waals surface area contributed by atoms with E-state index >= 15 is 0 Å². The fraction of sp³-hybridized carbons (Fsp3) is 0.200. The first kappa shape index (κ1) is 17.7. The van der Waals surface area contributed by atoms with Crippen molar-refractivity contribution < 1.29 is 14.1 Å². The van der Waals surface area contributed by atoms with Crippen molar-refractivity contribution in [3.8, 4) is 11.4 Å². The van der Waals surface area contributed by atoms with Gasteiger partial charge in [0.05, 0.1) is 0 Å². The molecule has 4 rings (SSSR count). The molecule has 1 fully saturated rings. The molecule has 1 N–H and O–H groups in total. The van der Waals surface area contributed by atoms with Gasteiger partial charge in [-0.2, -0.15) is 0 Å². The van der Waals surface area contributed by atoms with Crippen LogP contribution in [-0.4, -0.2) is 28.1 Å². The first-order valence-electron chi connectivity index (χ1n) is 8.94. The summed E-state index contributed by atoms with van der Waals surface area (Å²) in [5.41, 5.74) is 1.97. The van der Waals surface area contributed by atoms with Gasteiger partial charge in [-0.25, -0.2) is 9.36 Å². The minimum Gasteiger partial charge on any atom is -0.324 e. The highest BCUT2D eigenvalue weighted by Gasteiger charge is 2.22. The predicted octanol–water partition coefficient (Wildman–Crippen LogP) is 2.27. The minimum absolute atomic E-state index is 0.0759. The van der Waals surface area contributed by atoms with Crippen molar-refractivity contribution in [3.63, 3.8) is 0 Å². The van der Waals surface area contributed by atoms with Gasteiger partial charge in [-0.05, 0) is 24.6 Å². The highest BCUT2D eigenvalue weighted by Crippen LogP contribution is 2.24. The molecule has 142 valence electrons. The molecular weight excluding hydrogens is 360 g/mol. The molecule has 2 heterocycles. The zero-order chi connectivity index (χ0) is 19.5. The third kappa shape index (κ3) is 3.57. The average molecular weight is 378 g/mol. The number of hydrogen-bond acceptors (Lipinski definition) is 5. The lowest BCUT2D eigenvalue weighted by Gasteiger charge is -2.16. The fourth-order valence-electron chi connectivity index (χ4n) is 3.22. The van der Waals surface area contributed by atoms with Gasteiger partial charge in [0.15, 0.2) is 5.82 Å². The summed E-state index contributed by atoms with van der Waals surface area (Å²) in [6, 6.07) is 16.1. The molecule has 8 nitrogen and oxygen atoms in total. The Bertz CT molecular complexity index is 1070. The highest BCUT2D eigenvalue weighted by molar-refractivity contribution is 5.97. The first-order valence-corrected chi connectivity index (χ1v) is 8.94. The molecule has 28 heavy (non-hydrogen) atoms. The Morgan fingerprint density at radius 1 is 1.11 bits per heavy atom. The minimum atomic E-state index is -0.703. The van der Waals surface area contributed by atoms with Crippen molar-refractivity contribution in [2.75, 3.05) is 16.8 Å². The van der Waals surface area contributed by atoms with Gasteiger partial charge in [0, 0.05) is 29.9 Å². The molecule has 2 amide bonds. The second kappa shape index (κ2) is 7.51. The third-order valence-corrected chi connectivity index (χ3v) is 4.53. The summed E-state index contributed by atoms with van der Waals surface area (Å²) in [7, 11) is 0. The van der Waals surface area contributed by atoms with Crippen LogP contribution in [0, 0.1) is 0 Å². The Hall–Kier alpha value is -3.68. The molecule has 1 aromatic heterocycles. The molecular formula is C20H18N4O4. The third-order valence-electron chi connectivity index (χ3n) is 4.53. The van der Waals surface area contributed by atoms with Crippen LogP contribution >= 0.6 is 0 Å². The van der Waals surface area contributed by atoms with Crippen LogP contribution in [0.5, 0.6) is 0 Å². The lowest BCUT2D eigenvalue weighted by molar-refractivity contribution is -0.117. The Labute approximate surface area is 160 Å². The largest absolute Gasteiger partial charge is 0.442 e. The summed E-state index contributed by atoms with van der Waals surface area (Å²) in [5, 5.41) is 6.53. The zero-order valence-corrected chi connectivity index (χ0v) is 15.0. The van der Waals surface area contributed by atoms with E-state index < -0.39 is 11.7 Å². The van der Waals surface area contributed by atoms with E-state index in [1.807, 2.05) is 24.3 Å². The number of benzene rings is 2. The number of hydrogen-bond donors (Lipinski definition) is 1. The van der Waals surface area contributed by atoms with Crippen LogP contribution in [0.25, 0.3) is 11.4 Å². The van der Waals surface area contributed by atoms with E-state index in [9.17, 15) is 14.4 Å². The standard InChI is InChI=1S/C20H18N4O4/c25-17(13-24-19(22-28-20(24)27)14-6-2-1-3-7-14)21-15-8-4-9-16(12-15)23-11-5-10-18(23)26/h1-4,6-9,12H,5,10-11,13H2,(H,21,25). The van der Waals surface area contributed by atoms with E-state index in [2.05, 4.69) is 10.5 Å². The normalized spacial score (nSPS) is 13.7. The maximum absolute atomic E-state index is 12.5. The Balaban J connectivity index is 1.51. The highest BCUT2D eigenvalue weighted by atomic mass is 16.5. The SMILES string of the molecule is O=C(Cn1c(-c2ccccc2)noc1=O)Nc1cccc(N2CCCC2=O)c1. The molecule has 0 radical (unpaired) electrons. The van der Waals surface area contributed by atoms with Crippen LogP contribution in [0.3, 0.4) is 0 Å². The number of aromatic nitrogens is 2. The number of carbonyl (C=O) groups excluding carboxylic acids is 2. The van der Waals surface area contributed by atoms with E-state index in [1.165, 1.54) is 4.57 Å². The summed E-state index contributed by atoms with van der Waals surface area (Å²) >= 11 is 0. The van der Waals surface area contributed by atoms with Crippen molar-refractivity contribution in [1.82, 2.24) is 9.72 Å². The number of carbonyl (C=O) groups is 2. The van der Waals surface area contributed by atoms with E-state index in [-0.39, 0.29) is 18.3 Å². The first-order chi connectivity index (χ1) is 13.6. The van der Waals surface area contributed by atoms with Crippen molar-refractivity contribution in [2.45, 2.75) is 19.4 Å². The molecule has 2 aromatic carbocycles. The maximum atomic E-state index is 12.5. The molecule has 3 aromatic rings. The van der Waals surface area contributed by atoms with E-state index in [1.54, 1.807) is 35.2 Å². The molecule has 0 bridgehead atoms. The van der Waals surface area contributed by atoms with Gasteiger partial charge in [0.2, 0.25) is 11.8 Å². The Kier molecular flexibility index (Phi) is 4.76. The summed E-state index contributed by atoms with van der Waals surface area (Å²) in [5.74, 6) is -0.734. The molecule has 0 spiro atoms. The van der Waals surface area contributed by atoms with Crippen molar-refractivity contribution >= 4 is 23.2 Å². The number of nitrogens with one attached hydrogen (secondary N) is 1. The van der Waals surface area contributed by atoms with Crippen LogP contribution in [0.4, 0.5) is 11.4 Å². The quantitative estimate of drug-likeness (QED) is 0.734. The molecule has 8 heteroatoms. The topological polar surface area (TPSA) is 97.4 Å². The lowest BCUT2D eigenvalue weighted by Crippen LogP contribution is -2.26. The van der Waals surface area contributed by atoms with Gasteiger partial charge >= 0.3 is 5.76 Å². The van der Waals surface area contributed by atoms with Crippen LogP contribution in [0.1, 0.15) is 12.8 Å². The second-order valence-corrected chi connectivity index (χ2v) is 6.47. The van der Waals surface area contributed by atoms with Gasteiger partial charge in [0.25, 0.3) is 0 Å². The monoisotopic (exact) mass is 378 g/mol. The van der Waals surface area contributed by atoms with Crippen LogP contribution in [0.15, 0.2) is 63.9 Å². The van der Waals surface area contributed by atoms with Crippen LogP contribution in [-0.2, 0) is 16.1 Å². The molecule has 0 atom stereocenters. The summed E-state index contributed by atoms with van der Waals surface area (Å²) in [6.07, 6.45) is 1.36. The number of anilines is 2. The molecule has 1 saturated heterocycles. The Morgan fingerprint density at radius 2 is 1.93 bits per heavy atom. The van der Waals surface area contributed by atoms with Gasteiger partial charge in [-0.15, -0.1) is 0 Å². The predicted molar refractivity (Wildman–Crippen MR) is 103 cm³/mol. The summed E-state index contributed by atoms with van der Waals surface area (Å²) in [6.45, 7) is 0.437. The van der Waals surface area contributed by atoms with Crippen molar-refractivity contribution in [2.24, 2.45) is 0 Å². The van der Waals surface area contributed by atoms with Gasteiger partial charge in [-0.3, -0.25) is 14.1 Å². The van der Waals surface area contributed by atoms with E-state index in [4.69, 9.17) is 4.52 Å². The molecule has 1 aliphatic heterocycles. The lowest BCUT2D eigenvalue weighted by atomic mass is 10.2. The van der Waals surface area contributed by atoms with Crippen LogP contribution < -0.4 is 16.0 Å². The second-order valence-electron chi connectivity index (χ2n) is 6.47. The maximum Gasteiger partial charge on any atom is 0.442 e. The smallest absolute Gasteiger partial charge is 0.324 e. The van der Waals surface area contributed by atoms with E-state index in [0.717, 1.165) is 12.1 Å². The fourth-order valence-corrected chi connectivity index (χ4v) is 3.22.